The highest BCUT2D eigenvalue weighted by atomic mass is 79.9. The molecule has 0 heterocycles. The summed E-state index contributed by atoms with van der Waals surface area (Å²) in [7, 11) is 1.93. The lowest BCUT2D eigenvalue weighted by molar-refractivity contribution is 0.613. The summed E-state index contributed by atoms with van der Waals surface area (Å²) in [5, 5.41) is 3.95. The summed E-state index contributed by atoms with van der Waals surface area (Å²) in [6.45, 7) is 0.853. The maximum atomic E-state index is 13.1. The number of nitrogens with one attached hydrogen (secondary N) is 1. The molecule has 1 atom stereocenters. The first-order chi connectivity index (χ1) is 9.60. The molecule has 0 aliphatic heterocycles. The fraction of sp³-hybridized carbons (Fsp3) is 0.250. The average molecular weight is 357 g/mol. The Balaban J connectivity index is 2.22. The first-order valence-corrected chi connectivity index (χ1v) is 7.61. The van der Waals surface area contributed by atoms with E-state index >= 15 is 0 Å². The van der Waals surface area contributed by atoms with Gasteiger partial charge in [-0.3, -0.25) is 0 Å². The van der Waals surface area contributed by atoms with Gasteiger partial charge in [0.05, 0.1) is 0 Å². The van der Waals surface area contributed by atoms with Gasteiger partial charge in [0, 0.05) is 22.0 Å². The molecule has 0 amide bonds. The Hall–Kier alpha value is -0.900. The molecule has 0 aliphatic carbocycles. The number of halogens is 3. The molecule has 0 fully saturated rings. The van der Waals surface area contributed by atoms with Crippen LogP contribution in [0.5, 0.6) is 0 Å². The molecule has 2 aromatic carbocycles. The van der Waals surface area contributed by atoms with Crippen molar-refractivity contribution in [3.8, 4) is 0 Å². The van der Waals surface area contributed by atoms with Crippen LogP contribution in [-0.4, -0.2) is 13.6 Å². The predicted octanol–water partition coefficient (Wildman–Crippen LogP) is 4.79. The summed E-state index contributed by atoms with van der Waals surface area (Å²) in [6, 6.07) is 12.7. The van der Waals surface area contributed by atoms with Gasteiger partial charge in [-0.05, 0) is 48.9 Å². The summed E-state index contributed by atoms with van der Waals surface area (Å²) < 4.78 is 14.0. The van der Waals surface area contributed by atoms with Crippen LogP contribution < -0.4 is 5.32 Å². The Morgan fingerprint density at radius 1 is 1.20 bits per heavy atom. The van der Waals surface area contributed by atoms with Crippen LogP contribution in [0.1, 0.15) is 17.0 Å². The van der Waals surface area contributed by atoms with Crippen LogP contribution in [0.3, 0.4) is 0 Å². The molecule has 0 bridgehead atoms. The van der Waals surface area contributed by atoms with E-state index in [1.54, 1.807) is 0 Å². The second kappa shape index (κ2) is 7.21. The van der Waals surface area contributed by atoms with Crippen LogP contribution in [0, 0.1) is 5.82 Å². The number of rotatable bonds is 5. The normalized spacial score (nSPS) is 12.4. The molecule has 0 aliphatic rings. The molecule has 1 N–H and O–H groups in total. The summed E-state index contributed by atoms with van der Waals surface area (Å²) in [6.07, 6.45) is 0.837. The highest BCUT2D eigenvalue weighted by Crippen LogP contribution is 2.26. The molecular formula is C16H16BrClFN. The molecule has 0 saturated carbocycles. The topological polar surface area (TPSA) is 12.0 Å². The molecule has 0 radical (unpaired) electrons. The maximum Gasteiger partial charge on any atom is 0.124 e. The van der Waals surface area contributed by atoms with Gasteiger partial charge in [0.15, 0.2) is 0 Å². The van der Waals surface area contributed by atoms with Gasteiger partial charge in [0.2, 0.25) is 0 Å². The molecule has 106 valence electrons. The fourth-order valence-electron chi connectivity index (χ4n) is 2.24. The Bertz CT molecular complexity index is 571. The van der Waals surface area contributed by atoms with Gasteiger partial charge < -0.3 is 5.32 Å². The number of likely N-dealkylation sites (N-methyl/N-ethyl adjacent to an activating group) is 1. The van der Waals surface area contributed by atoms with E-state index in [0.29, 0.717) is 5.92 Å². The third kappa shape index (κ3) is 4.05. The lowest BCUT2D eigenvalue weighted by Gasteiger charge is -2.18. The zero-order valence-electron chi connectivity index (χ0n) is 11.2. The van der Waals surface area contributed by atoms with E-state index in [9.17, 15) is 4.39 Å². The summed E-state index contributed by atoms with van der Waals surface area (Å²) in [4.78, 5) is 0. The maximum absolute atomic E-state index is 13.1. The molecule has 4 heteroatoms. The van der Waals surface area contributed by atoms with E-state index in [1.807, 2.05) is 37.4 Å². The van der Waals surface area contributed by atoms with E-state index in [-0.39, 0.29) is 5.82 Å². The molecular weight excluding hydrogens is 341 g/mol. The van der Waals surface area contributed by atoms with Gasteiger partial charge in [-0.15, -0.1) is 0 Å². The van der Waals surface area contributed by atoms with Crippen molar-refractivity contribution in [3.05, 3.63) is 68.9 Å². The van der Waals surface area contributed by atoms with Crippen molar-refractivity contribution in [3.63, 3.8) is 0 Å². The minimum atomic E-state index is -0.225. The number of hydrogen-bond donors (Lipinski definition) is 1. The first-order valence-electron chi connectivity index (χ1n) is 6.44. The van der Waals surface area contributed by atoms with Gasteiger partial charge in [-0.1, -0.05) is 45.7 Å². The van der Waals surface area contributed by atoms with Crippen molar-refractivity contribution in [2.24, 2.45) is 0 Å². The molecule has 2 aromatic rings. The molecule has 2 rings (SSSR count). The van der Waals surface area contributed by atoms with Gasteiger partial charge in [0.1, 0.15) is 5.82 Å². The Labute approximate surface area is 132 Å². The van der Waals surface area contributed by atoms with E-state index in [4.69, 9.17) is 11.6 Å². The summed E-state index contributed by atoms with van der Waals surface area (Å²) >= 11 is 9.36. The average Bonchev–Trinajstić information content (AvgIpc) is 2.42. The van der Waals surface area contributed by atoms with E-state index in [0.717, 1.165) is 28.0 Å². The van der Waals surface area contributed by atoms with Crippen molar-refractivity contribution < 1.29 is 4.39 Å². The first kappa shape index (κ1) is 15.5. The van der Waals surface area contributed by atoms with Gasteiger partial charge in [-0.2, -0.15) is 0 Å². The minimum Gasteiger partial charge on any atom is -0.319 e. The number of benzene rings is 2. The van der Waals surface area contributed by atoms with Gasteiger partial charge >= 0.3 is 0 Å². The van der Waals surface area contributed by atoms with Crippen LogP contribution >= 0.6 is 27.5 Å². The lowest BCUT2D eigenvalue weighted by Crippen LogP contribution is -2.19. The van der Waals surface area contributed by atoms with Gasteiger partial charge in [-0.25, -0.2) is 4.39 Å². The molecule has 0 spiro atoms. The fourth-order valence-corrected chi connectivity index (χ4v) is 2.88. The third-order valence-electron chi connectivity index (χ3n) is 3.27. The van der Waals surface area contributed by atoms with E-state index in [2.05, 4.69) is 21.2 Å². The Morgan fingerprint density at radius 2 is 1.90 bits per heavy atom. The Morgan fingerprint density at radius 3 is 2.50 bits per heavy atom. The zero-order chi connectivity index (χ0) is 14.5. The highest BCUT2D eigenvalue weighted by Gasteiger charge is 2.13. The lowest BCUT2D eigenvalue weighted by atomic mass is 9.92. The molecule has 1 unspecified atom stereocenters. The van der Waals surface area contributed by atoms with Crippen LogP contribution in [-0.2, 0) is 6.42 Å². The molecule has 1 nitrogen and oxygen atoms in total. The van der Waals surface area contributed by atoms with Crippen LogP contribution in [0.25, 0.3) is 0 Å². The van der Waals surface area contributed by atoms with Crippen LogP contribution in [0.4, 0.5) is 4.39 Å². The standard InChI is InChI=1S/C16H16BrClFN/c1-20-10-13(11-2-5-14(18)6-3-11)8-12-4-7-15(19)9-16(12)17/h2-7,9,13,20H,8,10H2,1H3. The van der Waals surface area contributed by atoms with Gasteiger partial charge in [0.25, 0.3) is 0 Å². The van der Waals surface area contributed by atoms with Crippen molar-refractivity contribution in [2.45, 2.75) is 12.3 Å². The van der Waals surface area contributed by atoms with E-state index in [1.165, 1.54) is 17.7 Å². The third-order valence-corrected chi connectivity index (χ3v) is 4.26. The van der Waals surface area contributed by atoms with Crippen molar-refractivity contribution >= 4 is 27.5 Å². The quantitative estimate of drug-likeness (QED) is 0.812. The van der Waals surface area contributed by atoms with Crippen LogP contribution in [0.15, 0.2) is 46.9 Å². The predicted molar refractivity (Wildman–Crippen MR) is 85.9 cm³/mol. The number of hydrogen-bond acceptors (Lipinski definition) is 1. The van der Waals surface area contributed by atoms with Crippen LogP contribution in [0.2, 0.25) is 5.02 Å². The second-order valence-corrected chi connectivity index (χ2v) is 6.04. The largest absolute Gasteiger partial charge is 0.319 e. The second-order valence-electron chi connectivity index (χ2n) is 4.75. The monoisotopic (exact) mass is 355 g/mol. The van der Waals surface area contributed by atoms with Crippen molar-refractivity contribution in [2.75, 3.05) is 13.6 Å². The Kier molecular flexibility index (Phi) is 5.58. The SMILES string of the molecule is CNCC(Cc1ccc(F)cc1Br)c1ccc(Cl)cc1. The molecule has 0 aromatic heterocycles. The zero-order valence-corrected chi connectivity index (χ0v) is 13.5. The van der Waals surface area contributed by atoms with E-state index < -0.39 is 0 Å². The minimum absolute atomic E-state index is 0.225. The highest BCUT2D eigenvalue weighted by molar-refractivity contribution is 9.10. The summed E-state index contributed by atoms with van der Waals surface area (Å²) in [5.74, 6) is 0.0938. The smallest absolute Gasteiger partial charge is 0.124 e. The van der Waals surface area contributed by atoms with Crippen molar-refractivity contribution in [1.82, 2.24) is 5.32 Å². The molecule has 0 saturated heterocycles. The molecule has 20 heavy (non-hydrogen) atoms. The van der Waals surface area contributed by atoms with Crippen molar-refractivity contribution in [1.29, 1.82) is 0 Å². The summed E-state index contributed by atoms with van der Waals surface area (Å²) in [5.41, 5.74) is 2.32.